The number of nitrogens with one attached hydrogen (secondary N) is 1. The minimum atomic E-state index is -1.29. The Balaban J connectivity index is 3.62. The molecular weight excluding hydrogens is 851 g/mol. The Hall–Kier alpha value is -1.47. The molecule has 69 heavy (non-hydrogen) atoms. The molecule has 0 saturated heterocycles. The van der Waals surface area contributed by atoms with Gasteiger partial charge in [0.2, 0.25) is 5.91 Å². The molecule has 0 aromatic carbocycles. The van der Waals surface area contributed by atoms with Crippen LogP contribution >= 0.6 is 0 Å². The molecule has 0 aliphatic rings. The molecule has 4 atom stereocenters. The van der Waals surface area contributed by atoms with E-state index in [-0.39, 0.29) is 0 Å². The van der Waals surface area contributed by atoms with E-state index in [4.69, 9.17) is 0 Å². The van der Waals surface area contributed by atoms with Gasteiger partial charge in [-0.3, -0.25) is 4.79 Å². The van der Waals surface area contributed by atoms with Crippen molar-refractivity contribution < 1.29 is 25.2 Å². The third-order valence-corrected chi connectivity index (χ3v) is 14.6. The van der Waals surface area contributed by atoms with Crippen molar-refractivity contribution in [1.29, 1.82) is 0 Å². The van der Waals surface area contributed by atoms with Crippen molar-refractivity contribution >= 4 is 5.91 Å². The van der Waals surface area contributed by atoms with Crippen LogP contribution < -0.4 is 5.32 Å². The molecule has 0 fully saturated rings. The molecule has 0 bridgehead atoms. The molecule has 1 amide bonds. The molecule has 0 aromatic heterocycles. The largest absolute Gasteiger partial charge is 0.394 e. The first-order chi connectivity index (χ1) is 34.0. The quantitative estimate of drug-likeness (QED) is 0.0308. The molecule has 5 N–H and O–H groups in total. The molecule has 0 rings (SSSR count). The molecule has 0 spiro atoms. The maximum absolute atomic E-state index is 12.6. The first kappa shape index (κ1) is 67.5. The highest BCUT2D eigenvalue weighted by molar-refractivity contribution is 5.80. The molecule has 0 heterocycles. The lowest BCUT2D eigenvalue weighted by atomic mass is 10.00. The van der Waals surface area contributed by atoms with Gasteiger partial charge in [-0.1, -0.05) is 301 Å². The number of carbonyl (C=O) groups excluding carboxylic acids is 1. The zero-order valence-electron chi connectivity index (χ0n) is 46.3. The number of allylic oxidation sites excluding steroid dienone is 6. The maximum Gasteiger partial charge on any atom is 0.249 e. The van der Waals surface area contributed by atoms with Crippen LogP contribution in [0.1, 0.15) is 328 Å². The second-order valence-electron chi connectivity index (χ2n) is 21.4. The Kier molecular flexibility index (Phi) is 56.2. The van der Waals surface area contributed by atoms with Crippen molar-refractivity contribution in [3.05, 3.63) is 36.5 Å². The number of hydrogen-bond donors (Lipinski definition) is 5. The predicted molar refractivity (Wildman–Crippen MR) is 302 cm³/mol. The summed E-state index contributed by atoms with van der Waals surface area (Å²) in [6, 6.07) is -1.01. The highest BCUT2D eigenvalue weighted by Crippen LogP contribution is 2.18. The van der Waals surface area contributed by atoms with E-state index in [1.54, 1.807) is 0 Å². The number of rotatable bonds is 57. The Morgan fingerprint density at radius 2 is 0.609 bits per heavy atom. The minimum Gasteiger partial charge on any atom is -0.394 e. The number of carbonyl (C=O) groups is 1. The van der Waals surface area contributed by atoms with Crippen LogP contribution in [0.3, 0.4) is 0 Å². The number of unbranched alkanes of at least 4 members (excludes halogenated alkanes) is 42. The number of amides is 1. The standard InChI is InChI=1S/C63H121NO5/c1-3-5-7-9-11-13-15-17-19-21-23-25-27-28-29-30-31-32-33-34-35-37-39-41-43-45-47-49-51-53-55-57-61(67)63(69)64-59(58-65)62(68)60(66)56-54-52-50-48-46-44-42-40-38-36-26-24-22-20-18-16-14-12-10-8-6-4-2/h24,26,40,42,48,50,59-62,65-68H,3-23,25,27-39,41,43-47,49,51-58H2,1-2H3,(H,64,69)/b26-24+,42-40+,50-48+. The fourth-order valence-corrected chi connectivity index (χ4v) is 9.74. The average molecular weight is 973 g/mol. The Labute approximate surface area is 430 Å². The molecule has 0 aliphatic heterocycles. The molecular formula is C63H121NO5. The van der Waals surface area contributed by atoms with Crippen LogP contribution in [0.25, 0.3) is 0 Å². The molecule has 6 nitrogen and oxygen atoms in total. The topological polar surface area (TPSA) is 110 Å². The van der Waals surface area contributed by atoms with Gasteiger partial charge in [0, 0.05) is 0 Å². The Bertz CT molecular complexity index is 1090. The van der Waals surface area contributed by atoms with Crippen LogP contribution in [0.4, 0.5) is 0 Å². The fourth-order valence-electron chi connectivity index (χ4n) is 9.74. The van der Waals surface area contributed by atoms with Gasteiger partial charge >= 0.3 is 0 Å². The van der Waals surface area contributed by atoms with E-state index < -0.39 is 36.9 Å². The van der Waals surface area contributed by atoms with Crippen molar-refractivity contribution in [2.45, 2.75) is 353 Å². The lowest BCUT2D eigenvalue weighted by molar-refractivity contribution is -0.132. The zero-order chi connectivity index (χ0) is 50.2. The van der Waals surface area contributed by atoms with E-state index in [0.29, 0.717) is 19.3 Å². The summed E-state index contributed by atoms with van der Waals surface area (Å²) >= 11 is 0. The number of hydrogen-bond acceptors (Lipinski definition) is 5. The Morgan fingerprint density at radius 3 is 0.913 bits per heavy atom. The summed E-state index contributed by atoms with van der Waals surface area (Å²) in [7, 11) is 0. The number of aliphatic hydroxyl groups is 4. The molecule has 0 radical (unpaired) electrons. The van der Waals surface area contributed by atoms with Gasteiger partial charge in [-0.25, -0.2) is 0 Å². The minimum absolute atomic E-state index is 0.362. The van der Waals surface area contributed by atoms with Gasteiger partial charge in [0.25, 0.3) is 0 Å². The van der Waals surface area contributed by atoms with Crippen LogP contribution in [-0.4, -0.2) is 57.3 Å². The van der Waals surface area contributed by atoms with Crippen LogP contribution in [0.5, 0.6) is 0 Å². The molecule has 0 aromatic rings. The van der Waals surface area contributed by atoms with E-state index in [1.807, 2.05) is 0 Å². The van der Waals surface area contributed by atoms with Crippen molar-refractivity contribution in [2.75, 3.05) is 6.61 Å². The van der Waals surface area contributed by atoms with E-state index in [2.05, 4.69) is 55.6 Å². The fraction of sp³-hybridized carbons (Fsp3) is 0.889. The van der Waals surface area contributed by atoms with Crippen LogP contribution in [0.15, 0.2) is 36.5 Å². The van der Waals surface area contributed by atoms with Gasteiger partial charge in [0.15, 0.2) is 0 Å². The second kappa shape index (κ2) is 57.4. The first-order valence-corrected chi connectivity index (χ1v) is 30.9. The zero-order valence-corrected chi connectivity index (χ0v) is 46.3. The highest BCUT2D eigenvalue weighted by Gasteiger charge is 2.28. The van der Waals surface area contributed by atoms with Gasteiger partial charge in [0.1, 0.15) is 12.2 Å². The summed E-state index contributed by atoms with van der Waals surface area (Å²) in [6.45, 7) is 4.07. The lowest BCUT2D eigenvalue weighted by Gasteiger charge is -2.27. The van der Waals surface area contributed by atoms with Gasteiger partial charge in [-0.2, -0.15) is 0 Å². The Morgan fingerprint density at radius 1 is 0.348 bits per heavy atom. The van der Waals surface area contributed by atoms with E-state index >= 15 is 0 Å². The average Bonchev–Trinajstić information content (AvgIpc) is 3.35. The molecule has 4 unspecified atom stereocenters. The number of aliphatic hydroxyl groups excluding tert-OH is 4. The van der Waals surface area contributed by atoms with Crippen LogP contribution in [0.2, 0.25) is 0 Å². The van der Waals surface area contributed by atoms with Crippen molar-refractivity contribution in [3.63, 3.8) is 0 Å². The van der Waals surface area contributed by atoms with E-state index in [9.17, 15) is 25.2 Å². The van der Waals surface area contributed by atoms with Crippen molar-refractivity contribution in [2.24, 2.45) is 0 Å². The summed E-state index contributed by atoms with van der Waals surface area (Å²) < 4.78 is 0. The summed E-state index contributed by atoms with van der Waals surface area (Å²) in [6.07, 6.45) is 72.4. The van der Waals surface area contributed by atoms with Crippen LogP contribution in [0, 0.1) is 0 Å². The monoisotopic (exact) mass is 972 g/mol. The second-order valence-corrected chi connectivity index (χ2v) is 21.4. The van der Waals surface area contributed by atoms with Gasteiger partial charge in [-0.05, 0) is 64.2 Å². The summed E-state index contributed by atoms with van der Waals surface area (Å²) in [5, 5.41) is 44.0. The summed E-state index contributed by atoms with van der Waals surface area (Å²) in [5.74, 6) is -0.594. The van der Waals surface area contributed by atoms with E-state index in [1.165, 1.54) is 244 Å². The third-order valence-electron chi connectivity index (χ3n) is 14.6. The predicted octanol–water partition coefficient (Wildman–Crippen LogP) is 18.4. The smallest absolute Gasteiger partial charge is 0.249 e. The summed E-state index contributed by atoms with van der Waals surface area (Å²) in [5.41, 5.74) is 0. The van der Waals surface area contributed by atoms with Crippen molar-refractivity contribution in [1.82, 2.24) is 5.32 Å². The SMILES string of the molecule is CCCCCCCCCCC/C=C/CC/C=C/CC/C=C/CCCC(O)C(O)C(CO)NC(=O)C(O)CCCCCCCCCCCCCCCCCCCCCCCCCCCCCCCCC. The molecule has 408 valence electrons. The lowest BCUT2D eigenvalue weighted by Crippen LogP contribution is -2.53. The normalized spacial score (nSPS) is 13.9. The first-order valence-electron chi connectivity index (χ1n) is 30.9. The van der Waals surface area contributed by atoms with Crippen LogP contribution in [-0.2, 0) is 4.79 Å². The van der Waals surface area contributed by atoms with Crippen molar-refractivity contribution in [3.8, 4) is 0 Å². The molecule has 0 aliphatic carbocycles. The van der Waals surface area contributed by atoms with Gasteiger partial charge in [-0.15, -0.1) is 0 Å². The maximum atomic E-state index is 12.6. The highest BCUT2D eigenvalue weighted by atomic mass is 16.3. The van der Waals surface area contributed by atoms with Gasteiger partial charge < -0.3 is 25.7 Å². The van der Waals surface area contributed by atoms with Gasteiger partial charge in [0.05, 0.1) is 18.8 Å². The third kappa shape index (κ3) is 51.2. The molecule has 6 heteroatoms. The molecule has 0 saturated carbocycles. The summed E-state index contributed by atoms with van der Waals surface area (Å²) in [4.78, 5) is 12.6. The van der Waals surface area contributed by atoms with E-state index in [0.717, 1.165) is 51.4 Å².